The van der Waals surface area contributed by atoms with Crippen LogP contribution in [0.5, 0.6) is 0 Å². The zero-order valence-corrected chi connectivity index (χ0v) is 9.53. The third-order valence-electron chi connectivity index (χ3n) is 2.93. The molecule has 5 heteroatoms. The van der Waals surface area contributed by atoms with Gasteiger partial charge in [0, 0.05) is 18.8 Å². The van der Waals surface area contributed by atoms with Crippen LogP contribution in [0.25, 0.3) is 0 Å². The summed E-state index contributed by atoms with van der Waals surface area (Å²) in [5.41, 5.74) is 6.38. The van der Waals surface area contributed by atoms with E-state index < -0.39 is 0 Å². The molecule has 92 valence electrons. The van der Waals surface area contributed by atoms with Crippen LogP contribution < -0.4 is 16.0 Å². The first-order chi connectivity index (χ1) is 8.22. The summed E-state index contributed by atoms with van der Waals surface area (Å²) in [6.07, 6.45) is 0.600. The molecule has 2 rings (SSSR count). The van der Waals surface area contributed by atoms with Crippen LogP contribution in [0.2, 0.25) is 0 Å². The fourth-order valence-electron chi connectivity index (χ4n) is 2.10. The average Bonchev–Trinajstić information content (AvgIpc) is 2.33. The Labute approximate surface area is 99.6 Å². The van der Waals surface area contributed by atoms with Crippen molar-refractivity contribution in [1.29, 1.82) is 0 Å². The molecular weight excluding hydrogens is 221 g/mol. The summed E-state index contributed by atoms with van der Waals surface area (Å²) in [4.78, 5) is 13.7. The maximum absolute atomic E-state index is 12.9. The van der Waals surface area contributed by atoms with Crippen molar-refractivity contribution in [3.63, 3.8) is 0 Å². The standard InChI is InChI=1S/C12H16FN3O/c13-9-1-3-10(4-2-9)16-8-7-15-12(17)11(16)5-6-14/h1-4,11H,5-8,14H2,(H,15,17). The van der Waals surface area contributed by atoms with Gasteiger partial charge in [-0.3, -0.25) is 4.79 Å². The zero-order valence-electron chi connectivity index (χ0n) is 9.53. The van der Waals surface area contributed by atoms with E-state index in [1.54, 1.807) is 12.1 Å². The minimum Gasteiger partial charge on any atom is -0.358 e. The minimum absolute atomic E-state index is 0.00831. The van der Waals surface area contributed by atoms with Gasteiger partial charge in [-0.05, 0) is 37.2 Å². The minimum atomic E-state index is -0.273. The van der Waals surface area contributed by atoms with Gasteiger partial charge in [0.2, 0.25) is 5.91 Å². The van der Waals surface area contributed by atoms with Crippen LogP contribution in [0.1, 0.15) is 6.42 Å². The Kier molecular flexibility index (Phi) is 3.58. The number of hydrogen-bond acceptors (Lipinski definition) is 3. The summed E-state index contributed by atoms with van der Waals surface area (Å²) < 4.78 is 12.9. The summed E-state index contributed by atoms with van der Waals surface area (Å²) in [5.74, 6) is -0.281. The van der Waals surface area contributed by atoms with Crippen molar-refractivity contribution < 1.29 is 9.18 Å². The van der Waals surface area contributed by atoms with Crippen LogP contribution >= 0.6 is 0 Å². The lowest BCUT2D eigenvalue weighted by Crippen LogP contribution is -2.56. The second-order valence-corrected chi connectivity index (χ2v) is 4.05. The maximum atomic E-state index is 12.9. The molecule has 1 aromatic carbocycles. The number of piperazine rings is 1. The molecule has 4 nitrogen and oxygen atoms in total. The molecule has 1 amide bonds. The van der Waals surface area contributed by atoms with Crippen LogP contribution in [0.3, 0.4) is 0 Å². The molecule has 1 aromatic rings. The molecule has 17 heavy (non-hydrogen) atoms. The number of carbonyl (C=O) groups excluding carboxylic acids is 1. The van der Waals surface area contributed by atoms with Gasteiger partial charge in [-0.2, -0.15) is 0 Å². The number of carbonyl (C=O) groups is 1. The molecule has 1 unspecified atom stereocenters. The average molecular weight is 237 g/mol. The summed E-state index contributed by atoms with van der Waals surface area (Å²) in [6.45, 7) is 1.79. The highest BCUT2D eigenvalue weighted by atomic mass is 19.1. The highest BCUT2D eigenvalue weighted by molar-refractivity contribution is 5.86. The van der Waals surface area contributed by atoms with Crippen molar-refractivity contribution in [3.8, 4) is 0 Å². The summed E-state index contributed by atoms with van der Waals surface area (Å²) in [6, 6.07) is 5.94. The number of hydrogen-bond donors (Lipinski definition) is 2. The van der Waals surface area contributed by atoms with Crippen LogP contribution in [-0.2, 0) is 4.79 Å². The highest BCUT2D eigenvalue weighted by Crippen LogP contribution is 2.20. The third kappa shape index (κ3) is 2.55. The number of benzene rings is 1. The van der Waals surface area contributed by atoms with Gasteiger partial charge in [0.25, 0.3) is 0 Å². The van der Waals surface area contributed by atoms with Crippen LogP contribution in [0.4, 0.5) is 10.1 Å². The van der Waals surface area contributed by atoms with E-state index in [-0.39, 0.29) is 17.8 Å². The predicted octanol–water partition coefficient (Wildman–Crippen LogP) is 0.479. The lowest BCUT2D eigenvalue weighted by atomic mass is 10.1. The highest BCUT2D eigenvalue weighted by Gasteiger charge is 2.28. The Hall–Kier alpha value is -1.62. The van der Waals surface area contributed by atoms with Crippen molar-refractivity contribution in [2.24, 2.45) is 5.73 Å². The molecule has 0 saturated carbocycles. The number of anilines is 1. The molecule has 0 aromatic heterocycles. The number of halogens is 1. The Morgan fingerprint density at radius 1 is 1.41 bits per heavy atom. The Bertz CT molecular complexity index is 393. The quantitative estimate of drug-likeness (QED) is 0.804. The van der Waals surface area contributed by atoms with Crippen molar-refractivity contribution >= 4 is 11.6 Å². The molecule has 0 bridgehead atoms. The number of nitrogens with one attached hydrogen (secondary N) is 1. The molecule has 0 radical (unpaired) electrons. The number of rotatable bonds is 3. The van der Waals surface area contributed by atoms with E-state index in [2.05, 4.69) is 5.32 Å². The number of amides is 1. The molecule has 1 atom stereocenters. The van der Waals surface area contributed by atoms with E-state index in [0.717, 1.165) is 12.2 Å². The third-order valence-corrected chi connectivity index (χ3v) is 2.93. The summed E-state index contributed by atoms with van der Waals surface area (Å²) >= 11 is 0. The monoisotopic (exact) mass is 237 g/mol. The maximum Gasteiger partial charge on any atom is 0.242 e. The number of nitrogens with zero attached hydrogens (tertiary/aromatic N) is 1. The van der Waals surface area contributed by atoms with E-state index >= 15 is 0 Å². The lowest BCUT2D eigenvalue weighted by Gasteiger charge is -2.36. The van der Waals surface area contributed by atoms with Gasteiger partial charge in [-0.1, -0.05) is 0 Å². The normalized spacial score (nSPS) is 20.2. The van der Waals surface area contributed by atoms with E-state index in [9.17, 15) is 9.18 Å². The Morgan fingerprint density at radius 3 is 2.76 bits per heavy atom. The largest absolute Gasteiger partial charge is 0.358 e. The van der Waals surface area contributed by atoms with Gasteiger partial charge >= 0.3 is 0 Å². The van der Waals surface area contributed by atoms with Crippen molar-refractivity contribution in [3.05, 3.63) is 30.1 Å². The lowest BCUT2D eigenvalue weighted by molar-refractivity contribution is -0.123. The molecule has 1 aliphatic rings. The zero-order chi connectivity index (χ0) is 12.3. The van der Waals surface area contributed by atoms with Gasteiger partial charge < -0.3 is 16.0 Å². The van der Waals surface area contributed by atoms with E-state index in [1.165, 1.54) is 12.1 Å². The first-order valence-corrected chi connectivity index (χ1v) is 5.72. The predicted molar refractivity (Wildman–Crippen MR) is 64.2 cm³/mol. The molecule has 3 N–H and O–H groups in total. The van der Waals surface area contributed by atoms with Crippen LogP contribution in [0.15, 0.2) is 24.3 Å². The van der Waals surface area contributed by atoms with Gasteiger partial charge in [-0.25, -0.2) is 4.39 Å². The summed E-state index contributed by atoms with van der Waals surface area (Å²) in [5, 5.41) is 2.82. The van der Waals surface area contributed by atoms with Gasteiger partial charge in [0.05, 0.1) is 0 Å². The molecule has 1 heterocycles. The van der Waals surface area contributed by atoms with E-state index in [1.807, 2.05) is 4.90 Å². The first kappa shape index (κ1) is 11.9. The molecule has 1 aliphatic heterocycles. The topological polar surface area (TPSA) is 58.4 Å². The molecular formula is C12H16FN3O. The Balaban J connectivity index is 2.21. The SMILES string of the molecule is NCCC1C(=O)NCCN1c1ccc(F)cc1. The first-order valence-electron chi connectivity index (χ1n) is 5.72. The van der Waals surface area contributed by atoms with Gasteiger partial charge in [-0.15, -0.1) is 0 Å². The van der Waals surface area contributed by atoms with E-state index in [4.69, 9.17) is 5.73 Å². The van der Waals surface area contributed by atoms with Gasteiger partial charge in [0.1, 0.15) is 11.9 Å². The molecule has 1 saturated heterocycles. The second-order valence-electron chi connectivity index (χ2n) is 4.05. The molecule has 0 spiro atoms. The van der Waals surface area contributed by atoms with E-state index in [0.29, 0.717) is 19.5 Å². The van der Waals surface area contributed by atoms with Crippen LogP contribution in [-0.4, -0.2) is 31.6 Å². The fourth-order valence-corrected chi connectivity index (χ4v) is 2.10. The molecule has 1 fully saturated rings. The van der Waals surface area contributed by atoms with Crippen molar-refractivity contribution in [2.75, 3.05) is 24.5 Å². The van der Waals surface area contributed by atoms with Crippen LogP contribution in [0, 0.1) is 5.82 Å². The summed E-state index contributed by atoms with van der Waals surface area (Å²) in [7, 11) is 0. The molecule has 0 aliphatic carbocycles. The fraction of sp³-hybridized carbons (Fsp3) is 0.417. The van der Waals surface area contributed by atoms with Gasteiger partial charge in [0.15, 0.2) is 0 Å². The van der Waals surface area contributed by atoms with Crippen molar-refractivity contribution in [2.45, 2.75) is 12.5 Å². The number of nitrogens with two attached hydrogens (primary N) is 1. The Morgan fingerprint density at radius 2 is 2.12 bits per heavy atom. The smallest absolute Gasteiger partial charge is 0.242 e. The van der Waals surface area contributed by atoms with Crippen molar-refractivity contribution in [1.82, 2.24) is 5.32 Å². The second kappa shape index (κ2) is 5.14.